The minimum absolute atomic E-state index is 0.0903. The van der Waals surface area contributed by atoms with Crippen molar-refractivity contribution in [3.63, 3.8) is 0 Å². The third kappa shape index (κ3) is 2.90. The van der Waals surface area contributed by atoms with Crippen LogP contribution in [0.4, 0.5) is 0 Å². The van der Waals surface area contributed by atoms with Gasteiger partial charge in [-0.25, -0.2) is 0 Å². The van der Waals surface area contributed by atoms with Crippen LogP contribution in [-0.2, 0) is 6.42 Å². The summed E-state index contributed by atoms with van der Waals surface area (Å²) >= 11 is 0. The minimum atomic E-state index is -0.248. The minimum Gasteiger partial charge on any atom is -0.508 e. The Hall–Kier alpha value is -2.80. The van der Waals surface area contributed by atoms with E-state index >= 15 is 0 Å². The second kappa shape index (κ2) is 5.23. The lowest BCUT2D eigenvalue weighted by Gasteiger charge is -2.04. The molecule has 0 amide bonds. The van der Waals surface area contributed by atoms with Gasteiger partial charge >= 0.3 is 0 Å². The van der Waals surface area contributed by atoms with E-state index in [1.54, 1.807) is 24.3 Å². The van der Waals surface area contributed by atoms with E-state index in [-0.39, 0.29) is 29.3 Å². The van der Waals surface area contributed by atoms with Gasteiger partial charge in [-0.05, 0) is 29.8 Å². The first-order chi connectivity index (χ1) is 9.10. The highest BCUT2D eigenvalue weighted by atomic mass is 16.3. The lowest BCUT2D eigenvalue weighted by atomic mass is 10.0. The molecule has 0 atom stereocenters. The highest BCUT2D eigenvalue weighted by Gasteiger charge is 2.12. The predicted octanol–water partition coefficient (Wildman–Crippen LogP) is 2.39. The third-order valence-electron chi connectivity index (χ3n) is 2.73. The van der Waals surface area contributed by atoms with Crippen LogP contribution in [0.3, 0.4) is 0 Å². The molecule has 2 N–H and O–H groups in total. The predicted molar refractivity (Wildman–Crippen MR) is 69.0 cm³/mol. The Morgan fingerprint density at radius 3 is 2.37 bits per heavy atom. The number of phenols is 2. The molecule has 2 aromatic rings. The van der Waals surface area contributed by atoms with Crippen LogP contribution in [0.15, 0.2) is 42.5 Å². The lowest BCUT2D eigenvalue weighted by molar-refractivity contribution is 0.0990. The summed E-state index contributed by atoms with van der Waals surface area (Å²) in [5.41, 5.74) is 1.46. The summed E-state index contributed by atoms with van der Waals surface area (Å²) in [5, 5.41) is 27.4. The van der Waals surface area contributed by atoms with Gasteiger partial charge in [0.25, 0.3) is 0 Å². The molecule has 94 valence electrons. The van der Waals surface area contributed by atoms with Crippen LogP contribution in [0, 0.1) is 11.3 Å². The average molecular weight is 253 g/mol. The van der Waals surface area contributed by atoms with Crippen molar-refractivity contribution in [3.8, 4) is 17.6 Å². The van der Waals surface area contributed by atoms with E-state index in [2.05, 4.69) is 0 Å². The Kier molecular flexibility index (Phi) is 3.48. The Morgan fingerprint density at radius 1 is 1.11 bits per heavy atom. The number of nitrogens with zero attached hydrogens (tertiary/aromatic N) is 1. The van der Waals surface area contributed by atoms with Crippen LogP contribution in [0.2, 0.25) is 0 Å². The van der Waals surface area contributed by atoms with Crippen LogP contribution in [-0.4, -0.2) is 16.0 Å². The zero-order valence-corrected chi connectivity index (χ0v) is 10.00. The fourth-order valence-electron chi connectivity index (χ4n) is 1.73. The second-order valence-electron chi connectivity index (χ2n) is 4.11. The largest absolute Gasteiger partial charge is 0.508 e. The number of ketones is 1. The maximum atomic E-state index is 12.0. The molecule has 0 saturated carbocycles. The molecule has 0 fully saturated rings. The summed E-state index contributed by atoms with van der Waals surface area (Å²) in [5.74, 6) is -0.576. The van der Waals surface area contributed by atoms with Crippen molar-refractivity contribution < 1.29 is 15.0 Å². The summed E-state index contributed by atoms with van der Waals surface area (Å²) in [6, 6.07) is 12.6. The molecular weight excluding hydrogens is 242 g/mol. The molecule has 0 unspecified atom stereocenters. The molecule has 0 aromatic heterocycles. The Morgan fingerprint density at radius 2 is 1.79 bits per heavy atom. The van der Waals surface area contributed by atoms with Crippen LogP contribution in [0.1, 0.15) is 21.5 Å². The summed E-state index contributed by atoms with van der Waals surface area (Å²) in [6.45, 7) is 0. The smallest absolute Gasteiger partial charge is 0.170 e. The van der Waals surface area contributed by atoms with Crippen LogP contribution >= 0.6 is 0 Å². The summed E-state index contributed by atoms with van der Waals surface area (Å²) in [7, 11) is 0. The highest BCUT2D eigenvalue weighted by molar-refractivity contribution is 6.00. The molecule has 0 heterocycles. The number of aromatic hydroxyl groups is 2. The molecule has 4 heteroatoms. The number of benzene rings is 2. The second-order valence-corrected chi connectivity index (χ2v) is 4.11. The van der Waals surface area contributed by atoms with E-state index in [1.165, 1.54) is 12.1 Å². The van der Waals surface area contributed by atoms with E-state index in [4.69, 9.17) is 10.4 Å². The number of rotatable bonds is 3. The Balaban J connectivity index is 2.18. The number of phenolic OH excluding ortho intramolecular Hbond substituents is 2. The maximum Gasteiger partial charge on any atom is 0.170 e. The number of Topliss-reactive ketones (excluding diaryl/α,β-unsaturated/α-hetero) is 1. The zero-order valence-electron chi connectivity index (χ0n) is 10.00. The summed E-state index contributed by atoms with van der Waals surface area (Å²) in [6.07, 6.45) is 0.129. The third-order valence-corrected chi connectivity index (χ3v) is 2.73. The average Bonchev–Trinajstić information content (AvgIpc) is 2.39. The molecule has 19 heavy (non-hydrogen) atoms. The molecule has 2 aromatic carbocycles. The van der Waals surface area contributed by atoms with Gasteiger partial charge in [0.2, 0.25) is 0 Å². The van der Waals surface area contributed by atoms with Crippen molar-refractivity contribution in [1.82, 2.24) is 0 Å². The van der Waals surface area contributed by atoms with Gasteiger partial charge in [0.1, 0.15) is 11.5 Å². The maximum absolute atomic E-state index is 12.0. The summed E-state index contributed by atoms with van der Waals surface area (Å²) < 4.78 is 0. The van der Waals surface area contributed by atoms with Gasteiger partial charge in [-0.15, -0.1) is 0 Å². The highest BCUT2D eigenvalue weighted by Crippen LogP contribution is 2.23. The fraction of sp³-hybridized carbons (Fsp3) is 0.0667. The van der Waals surface area contributed by atoms with E-state index in [1.807, 2.05) is 6.07 Å². The van der Waals surface area contributed by atoms with Gasteiger partial charge in [-0.3, -0.25) is 4.79 Å². The molecule has 4 nitrogen and oxygen atoms in total. The van der Waals surface area contributed by atoms with Gasteiger partial charge in [-0.2, -0.15) is 5.26 Å². The first kappa shape index (κ1) is 12.7. The van der Waals surface area contributed by atoms with Crippen LogP contribution in [0.25, 0.3) is 0 Å². The van der Waals surface area contributed by atoms with Crippen molar-refractivity contribution >= 4 is 5.78 Å². The van der Waals surface area contributed by atoms with Crippen LogP contribution < -0.4 is 0 Å². The quantitative estimate of drug-likeness (QED) is 0.823. The lowest BCUT2D eigenvalue weighted by Crippen LogP contribution is -2.03. The number of carbonyl (C=O) groups excluding carboxylic acids is 1. The van der Waals surface area contributed by atoms with E-state index < -0.39 is 0 Å². The normalized spacial score (nSPS) is 9.84. The van der Waals surface area contributed by atoms with Gasteiger partial charge in [0.15, 0.2) is 5.78 Å². The number of carbonyl (C=O) groups is 1. The zero-order chi connectivity index (χ0) is 13.8. The molecule has 0 spiro atoms. The van der Waals surface area contributed by atoms with Gasteiger partial charge in [0.05, 0.1) is 17.2 Å². The fourth-order valence-corrected chi connectivity index (χ4v) is 1.73. The van der Waals surface area contributed by atoms with Crippen molar-refractivity contribution in [2.24, 2.45) is 0 Å². The van der Waals surface area contributed by atoms with Crippen LogP contribution in [0.5, 0.6) is 11.5 Å². The number of nitriles is 1. The molecule has 0 aliphatic carbocycles. The van der Waals surface area contributed by atoms with Crippen molar-refractivity contribution in [2.45, 2.75) is 6.42 Å². The Labute approximate surface area is 110 Å². The Bertz CT molecular complexity index is 654. The monoisotopic (exact) mass is 253 g/mol. The molecule has 0 aliphatic heterocycles. The first-order valence-corrected chi connectivity index (χ1v) is 5.64. The molecule has 0 aliphatic rings. The van der Waals surface area contributed by atoms with Gasteiger partial charge in [0, 0.05) is 12.5 Å². The molecular formula is C15H11NO3. The van der Waals surface area contributed by atoms with Crippen molar-refractivity contribution in [1.29, 1.82) is 5.26 Å². The van der Waals surface area contributed by atoms with Crippen molar-refractivity contribution in [3.05, 3.63) is 59.2 Å². The molecule has 0 radical (unpaired) electrons. The number of hydrogen-bond acceptors (Lipinski definition) is 4. The standard InChI is InChI=1S/C15H11NO3/c16-9-11-3-1-10(2-4-11)7-14(18)13-6-5-12(17)8-15(13)19/h1-6,8,17,19H,7H2. The van der Waals surface area contributed by atoms with E-state index in [9.17, 15) is 9.90 Å². The van der Waals surface area contributed by atoms with Crippen molar-refractivity contribution in [2.75, 3.05) is 0 Å². The number of hydrogen-bond donors (Lipinski definition) is 2. The van der Waals surface area contributed by atoms with E-state index in [0.717, 1.165) is 11.6 Å². The summed E-state index contributed by atoms with van der Waals surface area (Å²) in [4.78, 5) is 12.0. The SMILES string of the molecule is N#Cc1ccc(CC(=O)c2ccc(O)cc2O)cc1. The molecule has 0 saturated heterocycles. The van der Waals surface area contributed by atoms with Gasteiger partial charge < -0.3 is 10.2 Å². The first-order valence-electron chi connectivity index (χ1n) is 5.64. The topological polar surface area (TPSA) is 81.3 Å². The molecule has 2 rings (SSSR count). The van der Waals surface area contributed by atoms with E-state index in [0.29, 0.717) is 5.56 Å². The molecule has 0 bridgehead atoms. The van der Waals surface area contributed by atoms with Gasteiger partial charge in [-0.1, -0.05) is 12.1 Å².